The number of hydrogen-bond acceptors (Lipinski definition) is 4. The number of hydrogen-bond donors (Lipinski definition) is 1. The molecular weight excluding hydrogens is 206 g/mol. The minimum absolute atomic E-state index is 0.802. The lowest BCUT2D eigenvalue weighted by molar-refractivity contribution is 0.993. The van der Waals surface area contributed by atoms with Crippen LogP contribution in [0.2, 0.25) is 0 Å². The number of rotatable bonds is 4. The molecule has 1 N–H and O–H groups in total. The lowest BCUT2D eigenvalue weighted by atomic mass is 10.3. The van der Waals surface area contributed by atoms with Crippen LogP contribution >= 0.6 is 11.3 Å². The first-order valence-corrected chi connectivity index (χ1v) is 5.78. The highest BCUT2D eigenvalue weighted by molar-refractivity contribution is 7.09. The predicted octanol–water partition coefficient (Wildman–Crippen LogP) is 2.50. The Morgan fingerprint density at radius 1 is 1.40 bits per heavy atom. The highest BCUT2D eigenvalue weighted by atomic mass is 32.1. The Kier molecular flexibility index (Phi) is 3.29. The van der Waals surface area contributed by atoms with Gasteiger partial charge in [-0.3, -0.25) is 0 Å². The summed E-state index contributed by atoms with van der Waals surface area (Å²) in [6.45, 7) is 2.81. The summed E-state index contributed by atoms with van der Waals surface area (Å²) >= 11 is 1.79. The predicted molar refractivity (Wildman–Crippen MR) is 63.3 cm³/mol. The van der Waals surface area contributed by atoms with Gasteiger partial charge in [-0.1, -0.05) is 6.07 Å². The lowest BCUT2D eigenvalue weighted by Crippen LogP contribution is -2.06. The van der Waals surface area contributed by atoms with Crippen molar-refractivity contribution in [3.63, 3.8) is 0 Å². The van der Waals surface area contributed by atoms with Gasteiger partial charge in [0.25, 0.3) is 0 Å². The van der Waals surface area contributed by atoms with Gasteiger partial charge in [0.2, 0.25) is 0 Å². The molecule has 0 radical (unpaired) electrons. The van der Waals surface area contributed by atoms with E-state index in [-0.39, 0.29) is 0 Å². The second kappa shape index (κ2) is 4.89. The average molecular weight is 219 g/mol. The van der Waals surface area contributed by atoms with Crippen LogP contribution in [0.15, 0.2) is 29.8 Å². The SMILES string of the molecule is Cc1nccc(NCCc2cccs2)n1. The number of nitrogens with zero attached hydrogens (tertiary/aromatic N) is 2. The van der Waals surface area contributed by atoms with E-state index in [0.717, 1.165) is 24.6 Å². The average Bonchev–Trinajstić information content (AvgIpc) is 2.71. The molecular formula is C11H13N3S. The maximum Gasteiger partial charge on any atom is 0.129 e. The molecule has 0 unspecified atom stereocenters. The van der Waals surface area contributed by atoms with Crippen LogP contribution in [-0.2, 0) is 6.42 Å². The fourth-order valence-corrected chi connectivity index (χ4v) is 2.03. The van der Waals surface area contributed by atoms with Gasteiger partial charge in [-0.15, -0.1) is 11.3 Å². The number of aromatic nitrogens is 2. The van der Waals surface area contributed by atoms with E-state index in [1.807, 2.05) is 13.0 Å². The van der Waals surface area contributed by atoms with Crippen molar-refractivity contribution in [1.29, 1.82) is 0 Å². The van der Waals surface area contributed by atoms with Crippen LogP contribution in [0.25, 0.3) is 0 Å². The van der Waals surface area contributed by atoms with E-state index < -0.39 is 0 Å². The fourth-order valence-electron chi connectivity index (χ4n) is 1.32. The van der Waals surface area contributed by atoms with Crippen LogP contribution in [0.4, 0.5) is 5.82 Å². The van der Waals surface area contributed by atoms with E-state index in [4.69, 9.17) is 0 Å². The van der Waals surface area contributed by atoms with Crippen molar-refractivity contribution >= 4 is 17.2 Å². The van der Waals surface area contributed by atoms with Gasteiger partial charge in [-0.05, 0) is 30.9 Å². The second-order valence-electron chi connectivity index (χ2n) is 3.25. The number of thiophene rings is 1. The van der Waals surface area contributed by atoms with Crippen LogP contribution in [-0.4, -0.2) is 16.5 Å². The highest BCUT2D eigenvalue weighted by Gasteiger charge is 1.96. The molecule has 0 amide bonds. The summed E-state index contributed by atoms with van der Waals surface area (Å²) in [6, 6.07) is 6.12. The summed E-state index contributed by atoms with van der Waals surface area (Å²) in [5.74, 6) is 1.70. The van der Waals surface area contributed by atoms with E-state index in [2.05, 4.69) is 32.8 Å². The van der Waals surface area contributed by atoms with Crippen molar-refractivity contribution in [2.45, 2.75) is 13.3 Å². The summed E-state index contributed by atoms with van der Waals surface area (Å²) in [6.07, 6.45) is 2.82. The highest BCUT2D eigenvalue weighted by Crippen LogP contribution is 2.09. The maximum atomic E-state index is 4.27. The molecule has 2 rings (SSSR count). The summed E-state index contributed by atoms with van der Waals surface area (Å²) in [7, 11) is 0. The summed E-state index contributed by atoms with van der Waals surface area (Å²) in [5.41, 5.74) is 0. The molecule has 2 heterocycles. The molecule has 0 aliphatic heterocycles. The molecule has 0 bridgehead atoms. The third kappa shape index (κ3) is 3.02. The van der Waals surface area contributed by atoms with Crippen LogP contribution in [0, 0.1) is 6.92 Å². The number of aryl methyl sites for hydroxylation is 1. The molecule has 0 saturated carbocycles. The molecule has 0 fully saturated rings. The van der Waals surface area contributed by atoms with Gasteiger partial charge in [0, 0.05) is 17.6 Å². The van der Waals surface area contributed by atoms with E-state index >= 15 is 0 Å². The first-order valence-electron chi connectivity index (χ1n) is 4.90. The van der Waals surface area contributed by atoms with Crippen LogP contribution in [0.3, 0.4) is 0 Å². The van der Waals surface area contributed by atoms with Crippen LogP contribution < -0.4 is 5.32 Å². The van der Waals surface area contributed by atoms with E-state index in [9.17, 15) is 0 Å². The molecule has 4 heteroatoms. The Labute approximate surface area is 93.2 Å². The van der Waals surface area contributed by atoms with Gasteiger partial charge in [-0.2, -0.15) is 0 Å². The quantitative estimate of drug-likeness (QED) is 0.858. The Bertz CT molecular complexity index is 412. The summed E-state index contributed by atoms with van der Waals surface area (Å²) in [5, 5.41) is 5.38. The largest absolute Gasteiger partial charge is 0.370 e. The fraction of sp³-hybridized carbons (Fsp3) is 0.273. The standard InChI is InChI=1S/C11H13N3S/c1-9-12-7-5-11(14-9)13-6-4-10-3-2-8-15-10/h2-3,5,7-8H,4,6H2,1H3,(H,12,13,14). The number of nitrogens with one attached hydrogen (secondary N) is 1. The van der Waals surface area contributed by atoms with Crippen molar-refractivity contribution in [3.8, 4) is 0 Å². The molecule has 2 aromatic rings. The zero-order valence-corrected chi connectivity index (χ0v) is 9.42. The van der Waals surface area contributed by atoms with Crippen LogP contribution in [0.1, 0.15) is 10.7 Å². The Morgan fingerprint density at radius 2 is 2.33 bits per heavy atom. The molecule has 0 aromatic carbocycles. The minimum atomic E-state index is 0.802. The topological polar surface area (TPSA) is 37.8 Å². The molecule has 2 aromatic heterocycles. The van der Waals surface area contributed by atoms with Gasteiger partial charge < -0.3 is 5.32 Å². The van der Waals surface area contributed by atoms with Crippen molar-refractivity contribution < 1.29 is 0 Å². The third-order valence-electron chi connectivity index (χ3n) is 2.03. The minimum Gasteiger partial charge on any atom is -0.370 e. The van der Waals surface area contributed by atoms with Gasteiger partial charge in [0.1, 0.15) is 11.6 Å². The Balaban J connectivity index is 1.83. The van der Waals surface area contributed by atoms with Crippen molar-refractivity contribution in [1.82, 2.24) is 9.97 Å². The van der Waals surface area contributed by atoms with Gasteiger partial charge in [-0.25, -0.2) is 9.97 Å². The molecule has 0 aliphatic carbocycles. The van der Waals surface area contributed by atoms with Crippen LogP contribution in [0.5, 0.6) is 0 Å². The van der Waals surface area contributed by atoms with Gasteiger partial charge in [0.15, 0.2) is 0 Å². The summed E-state index contributed by atoms with van der Waals surface area (Å²) in [4.78, 5) is 9.72. The number of anilines is 1. The maximum absolute atomic E-state index is 4.27. The van der Waals surface area contributed by atoms with Gasteiger partial charge in [0.05, 0.1) is 0 Å². The molecule has 0 atom stereocenters. The van der Waals surface area contributed by atoms with E-state index in [1.54, 1.807) is 17.5 Å². The Morgan fingerprint density at radius 3 is 3.07 bits per heavy atom. The van der Waals surface area contributed by atoms with Crippen molar-refractivity contribution in [2.24, 2.45) is 0 Å². The molecule has 3 nitrogen and oxygen atoms in total. The Hall–Kier alpha value is -1.42. The zero-order chi connectivity index (χ0) is 10.5. The van der Waals surface area contributed by atoms with E-state index in [0.29, 0.717) is 0 Å². The van der Waals surface area contributed by atoms with E-state index in [1.165, 1.54) is 4.88 Å². The first-order chi connectivity index (χ1) is 7.34. The zero-order valence-electron chi connectivity index (χ0n) is 8.60. The van der Waals surface area contributed by atoms with Crippen molar-refractivity contribution in [3.05, 3.63) is 40.5 Å². The molecule has 78 valence electrons. The van der Waals surface area contributed by atoms with Crippen molar-refractivity contribution in [2.75, 3.05) is 11.9 Å². The second-order valence-corrected chi connectivity index (χ2v) is 4.28. The molecule has 0 spiro atoms. The van der Waals surface area contributed by atoms with Gasteiger partial charge >= 0.3 is 0 Å². The normalized spacial score (nSPS) is 10.2. The molecule has 0 aliphatic rings. The summed E-state index contributed by atoms with van der Waals surface area (Å²) < 4.78 is 0. The smallest absolute Gasteiger partial charge is 0.129 e. The molecule has 0 saturated heterocycles. The lowest BCUT2D eigenvalue weighted by Gasteiger charge is -2.04. The first kappa shape index (κ1) is 10.1. The third-order valence-corrected chi connectivity index (χ3v) is 2.97. The monoisotopic (exact) mass is 219 g/mol. The molecule has 15 heavy (non-hydrogen) atoms.